The third-order valence-corrected chi connectivity index (χ3v) is 5.02. The van der Waals surface area contributed by atoms with Crippen molar-refractivity contribution in [2.75, 3.05) is 28.6 Å². The number of aryl methyl sites for hydroxylation is 1. The second kappa shape index (κ2) is 5.69. The van der Waals surface area contributed by atoms with Crippen LogP contribution in [0.3, 0.4) is 0 Å². The fraction of sp³-hybridized carbons (Fsp3) is 0.333. The van der Waals surface area contributed by atoms with Gasteiger partial charge < -0.3 is 9.47 Å². The smallest absolute Gasteiger partial charge is 0.294 e. The van der Waals surface area contributed by atoms with E-state index in [2.05, 4.69) is 4.98 Å². The predicted molar refractivity (Wildman–Crippen MR) is 88.1 cm³/mol. The molecular weight excluding hydrogens is 316 g/mol. The van der Waals surface area contributed by atoms with Crippen LogP contribution in [-0.4, -0.2) is 43.2 Å². The Morgan fingerprint density at radius 3 is 2.48 bits per heavy atom. The van der Waals surface area contributed by atoms with Gasteiger partial charge in [0.05, 0.1) is 17.6 Å². The number of nitrogens with zero attached hydrogens (tertiary/aromatic N) is 4. The first-order valence-corrected chi connectivity index (χ1v) is 9.10. The number of aromatic nitrogens is 2. The van der Waals surface area contributed by atoms with Crippen LogP contribution in [0.5, 0.6) is 0 Å². The molecule has 7 nitrogen and oxygen atoms in total. The minimum Gasteiger partial charge on any atom is -0.330 e. The van der Waals surface area contributed by atoms with Gasteiger partial charge in [-0.25, -0.2) is 13.4 Å². The van der Waals surface area contributed by atoms with E-state index >= 15 is 0 Å². The Morgan fingerprint density at radius 2 is 1.87 bits per heavy atom. The molecule has 1 amide bonds. The summed E-state index contributed by atoms with van der Waals surface area (Å²) in [6.45, 7) is 0.787. The molecule has 23 heavy (non-hydrogen) atoms. The maximum atomic E-state index is 12.8. The van der Waals surface area contributed by atoms with E-state index in [1.807, 2.05) is 0 Å². The van der Waals surface area contributed by atoms with Crippen LogP contribution in [0.2, 0.25) is 0 Å². The number of carbonyl (C=O) groups is 1. The van der Waals surface area contributed by atoms with Crippen LogP contribution in [0.1, 0.15) is 17.0 Å². The molecule has 3 rings (SSSR count). The van der Waals surface area contributed by atoms with E-state index in [-0.39, 0.29) is 5.91 Å². The fourth-order valence-corrected chi connectivity index (χ4v) is 3.74. The van der Waals surface area contributed by atoms with Crippen LogP contribution in [0.25, 0.3) is 0 Å². The van der Waals surface area contributed by atoms with Crippen LogP contribution in [-0.2, 0) is 17.1 Å². The molecule has 2 heterocycles. The summed E-state index contributed by atoms with van der Waals surface area (Å²) in [5.74, 6) is 0.0907. The number of amides is 1. The number of fused-ring (bicyclic) bond motifs is 1. The van der Waals surface area contributed by atoms with E-state index in [1.54, 1.807) is 53.2 Å². The van der Waals surface area contributed by atoms with Crippen molar-refractivity contribution in [3.63, 3.8) is 0 Å². The van der Waals surface area contributed by atoms with E-state index < -0.39 is 10.0 Å². The lowest BCUT2D eigenvalue weighted by Crippen LogP contribution is -2.33. The van der Waals surface area contributed by atoms with Crippen molar-refractivity contribution in [2.45, 2.75) is 6.42 Å². The lowest BCUT2D eigenvalue weighted by atomic mass is 10.2. The first-order valence-electron chi connectivity index (χ1n) is 7.25. The average Bonchev–Trinajstić information content (AvgIpc) is 2.82. The summed E-state index contributed by atoms with van der Waals surface area (Å²) in [6, 6.07) is 7.05. The fourth-order valence-electron chi connectivity index (χ4n) is 2.76. The Balaban J connectivity index is 2.09. The molecule has 122 valence electrons. The monoisotopic (exact) mass is 334 g/mol. The molecule has 0 bridgehead atoms. The predicted octanol–water partition coefficient (Wildman–Crippen LogP) is 1.24. The molecule has 8 heteroatoms. The normalized spacial score (nSPS) is 15.2. The van der Waals surface area contributed by atoms with Crippen molar-refractivity contribution < 1.29 is 13.2 Å². The lowest BCUT2D eigenvalue weighted by molar-refractivity contribution is 0.0974. The van der Waals surface area contributed by atoms with Crippen molar-refractivity contribution in [3.8, 4) is 0 Å². The molecular formula is C15H18N4O3S. The highest BCUT2D eigenvalue weighted by Gasteiger charge is 2.30. The summed E-state index contributed by atoms with van der Waals surface area (Å²) in [7, 11) is -1.64. The molecule has 0 aliphatic carbocycles. The maximum absolute atomic E-state index is 12.8. The molecule has 1 aromatic carbocycles. The van der Waals surface area contributed by atoms with Crippen molar-refractivity contribution in [3.05, 3.63) is 42.5 Å². The topological polar surface area (TPSA) is 75.5 Å². The average molecular weight is 334 g/mol. The number of benzene rings is 1. The summed E-state index contributed by atoms with van der Waals surface area (Å²) in [6.07, 6.45) is 5.01. The Bertz CT molecular complexity index is 844. The first-order chi connectivity index (χ1) is 10.9. The van der Waals surface area contributed by atoms with E-state index in [1.165, 1.54) is 10.6 Å². The number of sulfonamides is 1. The molecule has 0 atom stereocenters. The molecule has 0 radical (unpaired) electrons. The van der Waals surface area contributed by atoms with E-state index in [9.17, 15) is 13.2 Å². The number of anilines is 2. The van der Waals surface area contributed by atoms with Crippen molar-refractivity contribution in [1.29, 1.82) is 0 Å². The van der Waals surface area contributed by atoms with Gasteiger partial charge in [-0.2, -0.15) is 0 Å². The van der Waals surface area contributed by atoms with Gasteiger partial charge in [-0.3, -0.25) is 9.10 Å². The van der Waals surface area contributed by atoms with Gasteiger partial charge in [0.1, 0.15) is 0 Å². The summed E-state index contributed by atoms with van der Waals surface area (Å²) >= 11 is 0. The number of rotatable bonds is 2. The van der Waals surface area contributed by atoms with Gasteiger partial charge in [0.25, 0.3) is 5.91 Å². The Hall–Kier alpha value is -2.35. The summed E-state index contributed by atoms with van der Waals surface area (Å²) < 4.78 is 27.1. The van der Waals surface area contributed by atoms with Crippen LogP contribution in [0, 0.1) is 0 Å². The maximum Gasteiger partial charge on any atom is 0.294 e. The van der Waals surface area contributed by atoms with Crippen LogP contribution in [0.15, 0.2) is 36.7 Å². The molecule has 0 saturated heterocycles. The van der Waals surface area contributed by atoms with Crippen molar-refractivity contribution in [2.24, 2.45) is 7.05 Å². The van der Waals surface area contributed by atoms with Crippen LogP contribution >= 0.6 is 0 Å². The van der Waals surface area contributed by atoms with E-state index in [0.29, 0.717) is 36.7 Å². The zero-order chi connectivity index (χ0) is 16.6. The Kier molecular flexibility index (Phi) is 3.85. The Labute approximate surface area is 135 Å². The van der Waals surface area contributed by atoms with Gasteiger partial charge in [0.2, 0.25) is 10.0 Å². The number of imidazole rings is 1. The summed E-state index contributed by atoms with van der Waals surface area (Å²) in [5, 5.41) is 0. The van der Waals surface area contributed by atoms with Gasteiger partial charge >= 0.3 is 0 Å². The number of hydrogen-bond acceptors (Lipinski definition) is 4. The summed E-state index contributed by atoms with van der Waals surface area (Å²) in [5.41, 5.74) is 1.11. The highest BCUT2D eigenvalue weighted by Crippen LogP contribution is 2.34. The number of hydrogen-bond donors (Lipinski definition) is 0. The molecule has 0 N–H and O–H groups in total. The largest absolute Gasteiger partial charge is 0.330 e. The highest BCUT2D eigenvalue weighted by atomic mass is 32.2. The van der Waals surface area contributed by atoms with E-state index in [4.69, 9.17) is 0 Å². The van der Waals surface area contributed by atoms with Gasteiger partial charge in [-0.05, 0) is 18.6 Å². The molecule has 0 fully saturated rings. The molecule has 1 aliphatic rings. The SMILES string of the molecule is Cn1ccnc1C(=O)N1CCCN(S(C)(=O)=O)c2ccccc21. The standard InChI is InChI=1S/C15H18N4O3S/c1-17-11-8-16-14(17)15(20)18-9-5-10-19(23(2,21)22)13-7-4-3-6-12(13)18/h3-4,6-8,11H,5,9-10H2,1-2H3. The molecule has 1 aromatic heterocycles. The van der Waals surface area contributed by atoms with E-state index in [0.717, 1.165) is 0 Å². The second-order valence-electron chi connectivity index (χ2n) is 5.50. The van der Waals surface area contributed by atoms with Crippen molar-refractivity contribution in [1.82, 2.24) is 9.55 Å². The van der Waals surface area contributed by atoms with Gasteiger partial charge in [0.15, 0.2) is 5.82 Å². The van der Waals surface area contributed by atoms with Gasteiger partial charge in [-0.15, -0.1) is 0 Å². The minimum absolute atomic E-state index is 0.236. The van der Waals surface area contributed by atoms with Crippen LogP contribution < -0.4 is 9.21 Å². The first kappa shape index (κ1) is 15.5. The quantitative estimate of drug-likeness (QED) is 0.828. The molecule has 0 unspecified atom stereocenters. The second-order valence-corrected chi connectivity index (χ2v) is 7.40. The van der Waals surface area contributed by atoms with Gasteiger partial charge in [-0.1, -0.05) is 12.1 Å². The van der Waals surface area contributed by atoms with Crippen LogP contribution in [0.4, 0.5) is 11.4 Å². The highest BCUT2D eigenvalue weighted by molar-refractivity contribution is 7.92. The zero-order valence-corrected chi connectivity index (χ0v) is 13.8. The minimum atomic E-state index is -3.40. The number of carbonyl (C=O) groups excluding carboxylic acids is 1. The third kappa shape index (κ3) is 2.81. The molecule has 1 aliphatic heterocycles. The zero-order valence-electron chi connectivity index (χ0n) is 13.0. The molecule has 2 aromatic rings. The van der Waals surface area contributed by atoms with Gasteiger partial charge in [0, 0.05) is 32.5 Å². The lowest BCUT2D eigenvalue weighted by Gasteiger charge is -2.25. The third-order valence-electron chi connectivity index (χ3n) is 3.84. The Morgan fingerprint density at radius 1 is 1.17 bits per heavy atom. The van der Waals surface area contributed by atoms with Crippen molar-refractivity contribution >= 4 is 27.3 Å². The summed E-state index contributed by atoms with van der Waals surface area (Å²) in [4.78, 5) is 18.5. The molecule has 0 saturated carbocycles. The molecule has 0 spiro atoms. The number of para-hydroxylation sites is 2.